The molecule has 2 atom stereocenters. The maximum absolute atomic E-state index is 13.7. The van der Waals surface area contributed by atoms with Crippen LogP contribution in [0.15, 0.2) is 191 Å². The van der Waals surface area contributed by atoms with Crippen LogP contribution in [-0.2, 0) is 31.9 Å². The van der Waals surface area contributed by atoms with Crippen molar-refractivity contribution in [3.63, 3.8) is 0 Å². The van der Waals surface area contributed by atoms with Gasteiger partial charge in [-0.25, -0.2) is 24.5 Å². The Morgan fingerprint density at radius 3 is 1.21 bits per heavy atom. The Morgan fingerprint density at radius 2 is 0.855 bits per heavy atom. The molecule has 10 aromatic rings. The molecule has 5 aromatic heterocycles. The van der Waals surface area contributed by atoms with Crippen LogP contribution in [-0.4, -0.2) is 171 Å². The molecule has 0 saturated carbocycles. The van der Waals surface area contributed by atoms with Crippen LogP contribution in [0.3, 0.4) is 0 Å². The molecule has 5 N–H and O–H groups in total. The maximum Gasteiger partial charge on any atom is 0.492 e. The molecule has 28 nitrogen and oxygen atoms in total. The van der Waals surface area contributed by atoms with Gasteiger partial charge >= 0.3 is 19.1 Å². The Kier molecular flexibility index (Phi) is 34.3. The number of benzene rings is 5. The van der Waals surface area contributed by atoms with Crippen molar-refractivity contribution in [1.82, 2.24) is 24.1 Å². The van der Waals surface area contributed by atoms with Crippen molar-refractivity contribution in [3.05, 3.63) is 256 Å². The van der Waals surface area contributed by atoms with Crippen LogP contribution in [0, 0.1) is 0 Å². The molecule has 0 bridgehead atoms. The van der Waals surface area contributed by atoms with Gasteiger partial charge in [-0.3, -0.25) is 33.6 Å². The minimum absolute atomic E-state index is 0.0399. The predicted molar refractivity (Wildman–Crippen MR) is 478 cm³/mol. The summed E-state index contributed by atoms with van der Waals surface area (Å²) in [5.41, 5.74) is 0.407. The van der Waals surface area contributed by atoms with Crippen LogP contribution >= 0.6 is 50.7 Å². The van der Waals surface area contributed by atoms with Gasteiger partial charge in [0.05, 0.1) is 131 Å². The van der Waals surface area contributed by atoms with Gasteiger partial charge in [0.1, 0.15) is 28.7 Å². The number of Topliss-reactive ketones (excluding diaryl/α,β-unsaturated/α-hetero) is 5. The predicted octanol–water partition coefficient (Wildman–Crippen LogP) is 16.4. The van der Waals surface area contributed by atoms with E-state index in [-0.39, 0.29) is 175 Å². The van der Waals surface area contributed by atoms with Crippen molar-refractivity contribution in [2.24, 2.45) is 0 Å². The summed E-state index contributed by atoms with van der Waals surface area (Å²) in [6, 6.07) is 33.1. The van der Waals surface area contributed by atoms with Crippen LogP contribution in [0.1, 0.15) is 186 Å². The molecule has 0 unspecified atom stereocenters. The van der Waals surface area contributed by atoms with Crippen LogP contribution in [0.25, 0.3) is 22.3 Å². The Morgan fingerprint density at radius 1 is 0.468 bits per heavy atom. The summed E-state index contributed by atoms with van der Waals surface area (Å²) in [5, 5.41) is 46.3. The highest BCUT2D eigenvalue weighted by molar-refractivity contribution is 9.10. The molecule has 5 aromatic carbocycles. The van der Waals surface area contributed by atoms with E-state index >= 15 is 0 Å². The third kappa shape index (κ3) is 32.3. The molecule has 0 amide bonds. The fourth-order valence-electron chi connectivity index (χ4n) is 11.3. The zero-order valence-electron chi connectivity index (χ0n) is 81.7. The maximum atomic E-state index is 13.7. The highest BCUT2D eigenvalue weighted by Crippen LogP contribution is 2.37. The second-order valence-corrected chi connectivity index (χ2v) is 30.6. The topological polar surface area (TPSA) is 386 Å². The second-order valence-electron chi connectivity index (χ2n) is 28.4. The van der Waals surface area contributed by atoms with E-state index in [4.69, 9.17) is 99.6 Å². The SMILES string of the molecule is CCC(=O)c1ccc(Cl)cc1Br.COc1ccc(O)cn1.[2H]C([2H])([2H])Oc1ccc(OC)nc1.[2H]C([2H])([2H])Oc1cn([C@@H](CCOC(C)(C)C)C(=O)Cc2ccc(C(=O)O)cc2)c(=O)cc1-c1cc(Cl)ccc1C(=O)CC.[2H]C([2H])([2H])Oc1cn([C@H](CCOC(C)(C)C)C(=O)Cc2ccc(C(=O)O)cc2)c(=O)cc1-c1cc(Cl)ccc1C(=O)CC.[2H]C([2H])([2H])Oc1cnc(OC)cc1B(O)O. The number of aromatic hydroxyl groups is 1. The molecule has 0 aliphatic carbocycles. The molecule has 124 heavy (non-hydrogen) atoms. The number of halogens is 4. The first-order valence-corrected chi connectivity index (χ1v) is 39.7. The minimum Gasteiger partial charge on any atom is -0.506 e. The standard InChI is InChI=1S/2C31H34ClNO7.C9H8BrClO.C7H10BNO4.C7H9NO2.C6H7NO2/c2*1-6-26(34)22-12-11-21(32)16-23(22)24-17-29(36)33(18-28(24)39-5)25(13-14-40-31(2,3)4)27(35)15-19-7-9-20(10-8-19)30(37)38;1-2-9(12)7-4-3-6(11)5-8(7)10;1-12-6-4-9-7(13-2)3-5(6)8(10)11;1-9-6-3-4-7(10-2)8-5-6;1-9-6-3-2-5(8)4-7-6/h2*7-12,16-18,25H,6,13-15H2,1-5H3,(H,37,38);3-5H,2H2,1H3;3-4,10-11H,1-2H3;3-5H,1-2H3;2-4,8H,1H3/t2*25-;;;;/m10..../s1/i2*5D3;;2*1D3;. The third-order valence-corrected chi connectivity index (χ3v) is 18.9. The van der Waals surface area contributed by atoms with Gasteiger partial charge in [0.15, 0.2) is 28.9 Å². The van der Waals surface area contributed by atoms with Crippen molar-refractivity contribution >= 4 is 104 Å². The number of carbonyl (C=O) groups excluding carboxylic acids is 5. The molecule has 10 rings (SSSR count). The molecular formula is C91H102BBrCl3N5O23. The van der Waals surface area contributed by atoms with E-state index in [1.54, 1.807) is 38.1 Å². The molecule has 5 heterocycles. The van der Waals surface area contributed by atoms with Crippen molar-refractivity contribution in [3.8, 4) is 68.6 Å². The monoisotopic (exact) mass is 1840 g/mol. The molecule has 0 aliphatic rings. The molecule has 0 aliphatic heterocycles. The number of carbonyl (C=O) groups is 7. The average Bonchev–Trinajstić information content (AvgIpc) is 0.775. The van der Waals surface area contributed by atoms with Gasteiger partial charge in [0.2, 0.25) is 17.6 Å². The van der Waals surface area contributed by atoms with Crippen molar-refractivity contribution in [2.75, 3.05) is 62.7 Å². The second kappa shape index (κ2) is 50.2. The molecule has 0 radical (unpaired) electrons. The van der Waals surface area contributed by atoms with Gasteiger partial charge < -0.3 is 77.1 Å². The zero-order valence-corrected chi connectivity index (χ0v) is 73.5. The normalized spacial score (nSPS) is 13.0. The highest BCUT2D eigenvalue weighted by Gasteiger charge is 2.29. The number of carboxylic acids is 2. The third-order valence-electron chi connectivity index (χ3n) is 17.5. The number of ketones is 5. The first-order chi connectivity index (χ1) is 63.3. The first kappa shape index (κ1) is 84.6. The average molecular weight is 1840 g/mol. The summed E-state index contributed by atoms with van der Waals surface area (Å²) >= 11 is 21.5. The van der Waals surface area contributed by atoms with Gasteiger partial charge in [-0.1, -0.05) is 79.8 Å². The fraction of sp³-hybridized carbons (Fsp3) is 0.319. The molecule has 33 heteroatoms. The van der Waals surface area contributed by atoms with E-state index in [9.17, 15) is 53.4 Å². The van der Waals surface area contributed by atoms with E-state index < -0.39 is 81.6 Å². The lowest BCUT2D eigenvalue weighted by atomic mass is 9.80. The first-order valence-electron chi connectivity index (χ1n) is 43.8. The van der Waals surface area contributed by atoms with Crippen molar-refractivity contribution in [2.45, 2.75) is 131 Å². The lowest BCUT2D eigenvalue weighted by molar-refractivity contribution is -0.123. The summed E-state index contributed by atoms with van der Waals surface area (Å²) in [6.45, 7) is 16.4. The number of ether oxygens (including phenoxy) is 9. The minimum atomic E-state index is -2.93. The number of methoxy groups -OCH3 is 7. The van der Waals surface area contributed by atoms with Crippen LogP contribution in [0.2, 0.25) is 15.1 Å². The van der Waals surface area contributed by atoms with Crippen LogP contribution < -0.4 is 49.7 Å². The summed E-state index contributed by atoms with van der Waals surface area (Å²) < 4.78 is 136. The van der Waals surface area contributed by atoms with Crippen molar-refractivity contribution < 1.29 is 118 Å². The molecule has 660 valence electrons. The Bertz CT molecular complexity index is 5630. The number of rotatable bonds is 32. The summed E-state index contributed by atoms with van der Waals surface area (Å²) in [4.78, 5) is 125. The van der Waals surface area contributed by atoms with E-state index in [0.29, 0.717) is 39.9 Å². The van der Waals surface area contributed by atoms with Gasteiger partial charge in [0.25, 0.3) is 11.1 Å². The number of nitrogens with zero attached hydrogens (tertiary/aromatic N) is 5. The van der Waals surface area contributed by atoms with E-state index in [2.05, 4.69) is 40.4 Å². The Labute approximate surface area is 760 Å². The summed E-state index contributed by atoms with van der Waals surface area (Å²) in [5.74, 6) is -2.69. The van der Waals surface area contributed by atoms with E-state index in [1.165, 1.54) is 155 Å². The lowest BCUT2D eigenvalue weighted by Crippen LogP contribution is -2.32. The van der Waals surface area contributed by atoms with Gasteiger partial charge in [-0.15, -0.1) is 0 Å². The van der Waals surface area contributed by atoms with Gasteiger partial charge in [-0.05, 0) is 184 Å². The molecule has 0 fully saturated rings. The number of pyridine rings is 5. The Balaban J connectivity index is 0.000000321. The lowest BCUT2D eigenvalue weighted by Gasteiger charge is -2.24. The fourth-order valence-corrected chi connectivity index (χ4v) is 12.5. The molecule has 0 saturated heterocycles. The number of hydrogen-bond donors (Lipinski definition) is 5. The number of aromatic nitrogens is 5. The number of hydrogen-bond acceptors (Lipinski definition) is 24. The summed E-state index contributed by atoms with van der Waals surface area (Å²) in [6.07, 6.45) is 6.72. The van der Waals surface area contributed by atoms with Crippen LogP contribution in [0.5, 0.6) is 46.4 Å². The smallest absolute Gasteiger partial charge is 0.492 e. The van der Waals surface area contributed by atoms with Crippen molar-refractivity contribution in [1.29, 1.82) is 0 Å². The number of carboxylic acid groups (broad SMARTS) is 2. The van der Waals surface area contributed by atoms with Gasteiger partial charge in [-0.2, -0.15) is 0 Å². The largest absolute Gasteiger partial charge is 0.506 e. The molecule has 0 spiro atoms. The van der Waals surface area contributed by atoms with Gasteiger partial charge in [0, 0.05) is 128 Å². The van der Waals surface area contributed by atoms with E-state index in [1.807, 2.05) is 48.5 Å². The zero-order chi connectivity index (χ0) is 102. The number of aromatic carboxylic acids is 2. The summed E-state index contributed by atoms with van der Waals surface area (Å²) in [7, 11) is -8.48. The highest BCUT2D eigenvalue weighted by atomic mass is 79.9. The quantitative estimate of drug-likeness (QED) is 0.0193. The van der Waals surface area contributed by atoms with Crippen LogP contribution in [0.4, 0.5) is 0 Å². The Hall–Kier alpha value is -11.6. The van der Waals surface area contributed by atoms with E-state index in [0.717, 1.165) is 31.9 Å². The molecular weight excluding hydrogens is 1730 g/mol.